The third-order valence-corrected chi connectivity index (χ3v) is 5.74. The highest BCUT2D eigenvalue weighted by molar-refractivity contribution is 6.19. The van der Waals surface area contributed by atoms with Crippen LogP contribution in [0.5, 0.6) is 0 Å². The molecular weight excluding hydrogens is 395 g/mol. The summed E-state index contributed by atoms with van der Waals surface area (Å²) < 4.78 is 14.1. The van der Waals surface area contributed by atoms with Gasteiger partial charge in [0.15, 0.2) is 0 Å². The molecule has 1 aliphatic rings. The third kappa shape index (κ3) is 6.91. The van der Waals surface area contributed by atoms with Gasteiger partial charge in [0.2, 0.25) is 0 Å². The topological polar surface area (TPSA) is 24.1 Å². The van der Waals surface area contributed by atoms with Crippen LogP contribution in [0.15, 0.2) is 95.2 Å². The van der Waals surface area contributed by atoms with Gasteiger partial charge in [-0.15, -0.1) is 18.2 Å². The predicted molar refractivity (Wildman–Crippen MR) is 131 cm³/mol. The SMILES string of the molecule is C=CC(/C(C)=C/NC)C1C=CC(C(=C)NC/C(CCl)=C(F)/C=C\C)=CC(CC)=C1C. The zero-order valence-electron chi connectivity index (χ0n) is 19.0. The van der Waals surface area contributed by atoms with E-state index >= 15 is 0 Å². The largest absolute Gasteiger partial charge is 0.394 e. The molecule has 4 heteroatoms. The molecule has 1 aliphatic carbocycles. The lowest BCUT2D eigenvalue weighted by Crippen LogP contribution is -2.18. The summed E-state index contributed by atoms with van der Waals surface area (Å²) in [7, 11) is 1.91. The molecule has 2 nitrogen and oxygen atoms in total. The van der Waals surface area contributed by atoms with Crippen LogP contribution < -0.4 is 10.6 Å². The number of rotatable bonds is 11. The maximum atomic E-state index is 14.1. The summed E-state index contributed by atoms with van der Waals surface area (Å²) in [6, 6.07) is 0. The Morgan fingerprint density at radius 3 is 2.63 bits per heavy atom. The second-order valence-corrected chi connectivity index (χ2v) is 7.67. The van der Waals surface area contributed by atoms with Gasteiger partial charge in [0, 0.05) is 37.0 Å². The van der Waals surface area contributed by atoms with E-state index in [1.165, 1.54) is 22.8 Å². The van der Waals surface area contributed by atoms with E-state index in [0.29, 0.717) is 12.1 Å². The summed E-state index contributed by atoms with van der Waals surface area (Å²) in [5.74, 6) is 0.243. The summed E-state index contributed by atoms with van der Waals surface area (Å²) >= 11 is 5.93. The van der Waals surface area contributed by atoms with E-state index < -0.39 is 0 Å². The van der Waals surface area contributed by atoms with E-state index in [-0.39, 0.29) is 23.5 Å². The molecule has 0 saturated carbocycles. The number of halogens is 2. The predicted octanol–water partition coefficient (Wildman–Crippen LogP) is 6.89. The minimum atomic E-state index is -0.302. The Hall–Kier alpha value is -2.26. The van der Waals surface area contributed by atoms with Crippen molar-refractivity contribution in [1.29, 1.82) is 0 Å². The molecular formula is C26H36ClFN2. The first-order chi connectivity index (χ1) is 14.3. The van der Waals surface area contributed by atoms with E-state index in [4.69, 9.17) is 11.6 Å². The van der Waals surface area contributed by atoms with Gasteiger partial charge in [0.25, 0.3) is 0 Å². The van der Waals surface area contributed by atoms with Gasteiger partial charge in [-0.3, -0.25) is 0 Å². The van der Waals surface area contributed by atoms with Crippen molar-refractivity contribution in [3.8, 4) is 0 Å². The number of hydrogen-bond donors (Lipinski definition) is 2. The van der Waals surface area contributed by atoms with Gasteiger partial charge in [-0.05, 0) is 67.8 Å². The molecule has 2 atom stereocenters. The summed E-state index contributed by atoms with van der Waals surface area (Å²) in [4.78, 5) is 0. The first-order valence-electron chi connectivity index (χ1n) is 10.4. The molecule has 2 unspecified atom stereocenters. The molecule has 0 saturated heterocycles. The van der Waals surface area contributed by atoms with E-state index in [1.807, 2.05) is 19.3 Å². The molecule has 0 aliphatic heterocycles. The second-order valence-electron chi connectivity index (χ2n) is 7.40. The van der Waals surface area contributed by atoms with Crippen LogP contribution in [0.2, 0.25) is 0 Å². The highest BCUT2D eigenvalue weighted by atomic mass is 35.5. The Morgan fingerprint density at radius 1 is 1.40 bits per heavy atom. The van der Waals surface area contributed by atoms with E-state index in [9.17, 15) is 4.39 Å². The van der Waals surface area contributed by atoms with Gasteiger partial charge in [-0.1, -0.05) is 43.4 Å². The summed E-state index contributed by atoms with van der Waals surface area (Å²) in [5.41, 5.74) is 6.08. The molecule has 0 aromatic heterocycles. The van der Waals surface area contributed by atoms with Gasteiger partial charge in [-0.25, -0.2) is 4.39 Å². The first-order valence-corrected chi connectivity index (χ1v) is 10.9. The Morgan fingerprint density at radius 2 is 2.10 bits per heavy atom. The molecule has 0 bridgehead atoms. The van der Waals surface area contributed by atoms with Gasteiger partial charge >= 0.3 is 0 Å². The monoisotopic (exact) mass is 430 g/mol. The van der Waals surface area contributed by atoms with Crippen molar-refractivity contribution in [2.45, 2.75) is 34.1 Å². The molecule has 0 radical (unpaired) electrons. The number of allylic oxidation sites excluding steroid dienone is 10. The lowest BCUT2D eigenvalue weighted by molar-refractivity contribution is 0.600. The van der Waals surface area contributed by atoms with Crippen molar-refractivity contribution < 1.29 is 4.39 Å². The minimum Gasteiger partial charge on any atom is -0.394 e. The van der Waals surface area contributed by atoms with E-state index in [1.54, 1.807) is 13.0 Å². The fourth-order valence-corrected chi connectivity index (χ4v) is 3.81. The number of hydrogen-bond acceptors (Lipinski definition) is 2. The average molecular weight is 431 g/mol. The van der Waals surface area contributed by atoms with Crippen LogP contribution in [0.25, 0.3) is 0 Å². The van der Waals surface area contributed by atoms with Crippen LogP contribution in [-0.4, -0.2) is 19.5 Å². The molecule has 0 heterocycles. The van der Waals surface area contributed by atoms with Gasteiger partial charge < -0.3 is 10.6 Å². The Bertz CT molecular complexity index is 809. The fourth-order valence-electron chi connectivity index (χ4n) is 3.59. The smallest absolute Gasteiger partial charge is 0.125 e. The molecule has 0 fully saturated rings. The number of nitrogens with one attached hydrogen (secondary N) is 2. The van der Waals surface area contributed by atoms with Crippen molar-refractivity contribution in [3.63, 3.8) is 0 Å². The minimum absolute atomic E-state index is 0.130. The lowest BCUT2D eigenvalue weighted by atomic mass is 9.80. The van der Waals surface area contributed by atoms with Crippen LogP contribution in [0.4, 0.5) is 4.39 Å². The van der Waals surface area contributed by atoms with Gasteiger partial charge in [-0.2, -0.15) is 0 Å². The zero-order valence-corrected chi connectivity index (χ0v) is 19.7. The van der Waals surface area contributed by atoms with E-state index in [2.05, 4.69) is 62.8 Å². The standard InChI is InChI=1S/C26H36ClFN2/c1-8-11-26(28)23(15-27)17-30-20(6)22-12-13-25(19(5)21(9-2)14-22)24(10-3)18(4)16-29-7/h8,10-14,16,24-25,29-30H,3,6,9,15,17H2,1-2,4-5,7H3/b11-8-,18-16+,26-23-. The normalized spacial score (nSPS) is 19.2. The van der Waals surface area contributed by atoms with Crippen LogP contribution >= 0.6 is 11.6 Å². The van der Waals surface area contributed by atoms with E-state index in [0.717, 1.165) is 17.7 Å². The Labute approximate surface area is 187 Å². The van der Waals surface area contributed by atoms with Crippen LogP contribution in [0, 0.1) is 11.8 Å². The molecule has 0 aromatic carbocycles. The quantitative estimate of drug-likeness (QED) is 0.212. The molecule has 1 rings (SSSR count). The Kier molecular flexibility index (Phi) is 11.3. The zero-order chi connectivity index (χ0) is 22.7. The highest BCUT2D eigenvalue weighted by Gasteiger charge is 2.23. The highest BCUT2D eigenvalue weighted by Crippen LogP contribution is 2.35. The maximum Gasteiger partial charge on any atom is 0.125 e. The first kappa shape index (κ1) is 25.8. The third-order valence-electron chi connectivity index (χ3n) is 5.41. The summed E-state index contributed by atoms with van der Waals surface area (Å²) in [6.07, 6.45) is 14.5. The number of alkyl halides is 1. The fraction of sp³-hybridized carbons (Fsp3) is 0.385. The van der Waals surface area contributed by atoms with Crippen molar-refractivity contribution in [1.82, 2.24) is 10.6 Å². The molecule has 0 aromatic rings. The van der Waals surface area contributed by atoms with Crippen molar-refractivity contribution >= 4 is 11.6 Å². The second kappa shape index (κ2) is 13.1. The van der Waals surface area contributed by atoms with Crippen molar-refractivity contribution in [3.05, 3.63) is 95.2 Å². The van der Waals surface area contributed by atoms with Crippen molar-refractivity contribution in [2.24, 2.45) is 11.8 Å². The molecule has 0 spiro atoms. The molecule has 2 N–H and O–H groups in total. The van der Waals surface area contributed by atoms with Crippen molar-refractivity contribution in [2.75, 3.05) is 19.5 Å². The summed E-state index contributed by atoms with van der Waals surface area (Å²) in [5, 5.41) is 6.35. The van der Waals surface area contributed by atoms with Gasteiger partial charge in [0.1, 0.15) is 5.83 Å². The lowest BCUT2D eigenvalue weighted by Gasteiger charge is -2.24. The molecule has 30 heavy (non-hydrogen) atoms. The van der Waals surface area contributed by atoms with Crippen LogP contribution in [-0.2, 0) is 0 Å². The van der Waals surface area contributed by atoms with Crippen LogP contribution in [0.1, 0.15) is 34.1 Å². The Balaban J connectivity index is 3.17. The molecule has 0 amide bonds. The summed E-state index contributed by atoms with van der Waals surface area (Å²) in [6.45, 7) is 16.8. The maximum absolute atomic E-state index is 14.1. The molecule has 164 valence electrons. The van der Waals surface area contributed by atoms with Crippen LogP contribution in [0.3, 0.4) is 0 Å². The average Bonchev–Trinajstić information content (AvgIpc) is 2.88. The van der Waals surface area contributed by atoms with Gasteiger partial charge in [0.05, 0.1) is 0 Å².